The zero-order valence-corrected chi connectivity index (χ0v) is 20.5. The number of pyridine rings is 1. The third kappa shape index (κ3) is 6.12. The van der Waals surface area contributed by atoms with Crippen molar-refractivity contribution in [3.63, 3.8) is 0 Å². The number of H-pyrrole nitrogens is 1. The molecule has 12 heteroatoms. The Morgan fingerprint density at radius 1 is 1.24 bits per heavy atom. The fraction of sp³-hybridized carbons (Fsp3) is 0.409. The van der Waals surface area contributed by atoms with Crippen LogP contribution in [0, 0.1) is 12.9 Å². The first-order chi connectivity index (χ1) is 16.2. The summed E-state index contributed by atoms with van der Waals surface area (Å²) in [6.45, 7) is 3.73. The molecule has 0 fully saturated rings. The zero-order valence-electron chi connectivity index (χ0n) is 19.0. The number of alkyl halides is 2. The zero-order chi connectivity index (χ0) is 24.8. The first kappa shape index (κ1) is 25.6. The molecule has 3 aromatic rings. The Kier molecular flexibility index (Phi) is 8.62. The van der Waals surface area contributed by atoms with E-state index in [1.165, 1.54) is 23.0 Å². The number of nitrogens with zero attached hydrogens (tertiary/aromatic N) is 4. The maximum absolute atomic E-state index is 14.9. The number of hydrogen-bond donors (Lipinski definition) is 3. The molecule has 0 aliphatic carbocycles. The van der Waals surface area contributed by atoms with Crippen LogP contribution >= 0.6 is 23.2 Å². The summed E-state index contributed by atoms with van der Waals surface area (Å²) < 4.78 is 16.3. The molecular formula is C22H26Cl2FN7O2. The van der Waals surface area contributed by atoms with E-state index in [2.05, 4.69) is 30.9 Å². The maximum atomic E-state index is 14.9. The van der Waals surface area contributed by atoms with Crippen LogP contribution in [0.1, 0.15) is 48.1 Å². The van der Waals surface area contributed by atoms with E-state index >= 15 is 0 Å². The Morgan fingerprint density at radius 2 is 2.00 bits per heavy atom. The number of aromatic nitrogens is 5. The number of hydrogen-bond acceptors (Lipinski definition) is 5. The molecule has 0 saturated heterocycles. The molecule has 0 aliphatic heterocycles. The highest BCUT2D eigenvalue weighted by atomic mass is 35.5. The van der Waals surface area contributed by atoms with E-state index in [1.54, 1.807) is 20.0 Å². The first-order valence-electron chi connectivity index (χ1n) is 10.8. The highest BCUT2D eigenvalue weighted by Crippen LogP contribution is 2.28. The molecule has 3 rings (SSSR count). The average Bonchev–Trinajstić information content (AvgIpc) is 3.38. The van der Waals surface area contributed by atoms with Gasteiger partial charge in [-0.3, -0.25) is 19.4 Å². The van der Waals surface area contributed by atoms with E-state index in [0.717, 1.165) is 11.4 Å². The molecule has 0 aliphatic rings. The summed E-state index contributed by atoms with van der Waals surface area (Å²) >= 11 is 11.6. The first-order valence-corrected chi connectivity index (χ1v) is 11.7. The summed E-state index contributed by atoms with van der Waals surface area (Å²) in [6, 6.07) is 3.68. The van der Waals surface area contributed by atoms with Crippen LogP contribution in [0.4, 0.5) is 10.2 Å². The van der Waals surface area contributed by atoms with Crippen molar-refractivity contribution in [1.29, 1.82) is 0 Å². The number of carbonyl (C=O) groups excluding carboxylic acids is 2. The van der Waals surface area contributed by atoms with Gasteiger partial charge in [0.25, 0.3) is 5.91 Å². The third-order valence-corrected chi connectivity index (χ3v) is 5.75. The minimum Gasteiger partial charge on any atom is -0.339 e. The van der Waals surface area contributed by atoms with Crippen molar-refractivity contribution < 1.29 is 14.0 Å². The van der Waals surface area contributed by atoms with Crippen molar-refractivity contribution >= 4 is 40.8 Å². The number of nitrogens with one attached hydrogen (secondary N) is 3. The summed E-state index contributed by atoms with van der Waals surface area (Å²) in [5.74, 6) is -1.72. The highest BCUT2D eigenvalue weighted by molar-refractivity contribution is 6.44. The van der Waals surface area contributed by atoms with Crippen LogP contribution in [0.3, 0.4) is 0 Å². The van der Waals surface area contributed by atoms with E-state index in [4.69, 9.17) is 23.2 Å². The Balaban J connectivity index is 1.77. The minimum atomic E-state index is -0.915. The minimum absolute atomic E-state index is 0.0257. The van der Waals surface area contributed by atoms with Crippen molar-refractivity contribution in [3.05, 3.63) is 47.4 Å². The van der Waals surface area contributed by atoms with Crippen molar-refractivity contribution in [2.75, 3.05) is 5.32 Å². The highest BCUT2D eigenvalue weighted by Gasteiger charge is 2.24. The summed E-state index contributed by atoms with van der Waals surface area (Å²) in [6.07, 6.45) is 3.32. The summed E-state index contributed by atoms with van der Waals surface area (Å²) in [7, 11) is 1.62. The predicted molar refractivity (Wildman–Crippen MR) is 128 cm³/mol. The van der Waals surface area contributed by atoms with Crippen LogP contribution in [-0.4, -0.2) is 47.7 Å². The number of amides is 2. The molecule has 0 bridgehead atoms. The lowest BCUT2D eigenvalue weighted by molar-refractivity contribution is -0.118. The van der Waals surface area contributed by atoms with Gasteiger partial charge in [0.1, 0.15) is 22.4 Å². The van der Waals surface area contributed by atoms with Crippen LogP contribution < -0.4 is 10.6 Å². The van der Waals surface area contributed by atoms with Gasteiger partial charge in [0.05, 0.1) is 5.69 Å². The predicted octanol–water partition coefficient (Wildman–Crippen LogP) is 3.93. The normalized spacial score (nSPS) is 12.1. The molecule has 3 N–H and O–H groups in total. The van der Waals surface area contributed by atoms with Gasteiger partial charge in [-0.25, -0.2) is 4.98 Å². The second kappa shape index (κ2) is 11.4. The fourth-order valence-corrected chi connectivity index (χ4v) is 3.88. The van der Waals surface area contributed by atoms with Crippen molar-refractivity contribution in [3.8, 4) is 11.1 Å². The van der Waals surface area contributed by atoms with Gasteiger partial charge in [-0.2, -0.15) is 14.6 Å². The molecular weight excluding hydrogens is 484 g/mol. The van der Waals surface area contributed by atoms with Crippen LogP contribution in [0.5, 0.6) is 0 Å². The van der Waals surface area contributed by atoms with E-state index in [9.17, 15) is 14.0 Å². The van der Waals surface area contributed by atoms with Crippen molar-refractivity contribution in [1.82, 2.24) is 30.3 Å². The lowest BCUT2D eigenvalue weighted by Gasteiger charge is -2.18. The maximum Gasteiger partial charge on any atom is 0.270 e. The molecule has 0 aromatic carbocycles. The second-order valence-electron chi connectivity index (χ2n) is 7.74. The fourth-order valence-electron chi connectivity index (χ4n) is 3.57. The molecule has 34 heavy (non-hydrogen) atoms. The smallest absolute Gasteiger partial charge is 0.270 e. The number of rotatable bonds is 10. The lowest BCUT2D eigenvalue weighted by Crippen LogP contribution is -2.44. The van der Waals surface area contributed by atoms with Crippen LogP contribution in [0.25, 0.3) is 11.1 Å². The van der Waals surface area contributed by atoms with E-state index < -0.39 is 28.6 Å². The van der Waals surface area contributed by atoms with Gasteiger partial charge in [-0.05, 0) is 50.8 Å². The van der Waals surface area contributed by atoms with E-state index in [0.29, 0.717) is 30.5 Å². The molecule has 3 heterocycles. The van der Waals surface area contributed by atoms with Crippen LogP contribution in [0.2, 0.25) is 0 Å². The topological polar surface area (TPSA) is 118 Å². The van der Waals surface area contributed by atoms with Crippen molar-refractivity contribution in [2.24, 2.45) is 7.05 Å². The standard InChI is InChI=1S/C22H26Cl2FN7O2/c1-4-14-19(12(2)30-31-14)13-8-9-18(28-20(13)25)29-21(33)15(6-5-7-17(23)24)27-22(34)16-10-11-26-32(16)3/h8-11,15,17H,4-7H2,1-3H3,(H,27,34)(H,30,31)(H,28,29,33)/t15-/m0/s1. The Hall–Kier alpha value is -2.98. The molecule has 1 atom stereocenters. The Bertz CT molecular complexity index is 1160. The van der Waals surface area contributed by atoms with Gasteiger partial charge < -0.3 is 10.6 Å². The molecule has 9 nitrogen and oxygen atoms in total. The number of anilines is 1. The molecule has 2 amide bonds. The number of halogens is 3. The van der Waals surface area contributed by atoms with E-state index in [-0.39, 0.29) is 17.8 Å². The molecule has 0 radical (unpaired) electrons. The quantitative estimate of drug-likeness (QED) is 0.282. The van der Waals surface area contributed by atoms with Crippen LogP contribution in [0.15, 0.2) is 24.4 Å². The van der Waals surface area contributed by atoms with Crippen molar-refractivity contribution in [2.45, 2.75) is 50.4 Å². The van der Waals surface area contributed by atoms with Gasteiger partial charge in [0, 0.05) is 30.1 Å². The number of aryl methyl sites for hydroxylation is 3. The molecule has 3 aromatic heterocycles. The average molecular weight is 510 g/mol. The van der Waals surface area contributed by atoms with Gasteiger partial charge in [-0.1, -0.05) is 6.92 Å². The van der Waals surface area contributed by atoms with Gasteiger partial charge in [0.2, 0.25) is 11.9 Å². The molecule has 0 unspecified atom stereocenters. The number of aromatic amines is 1. The SMILES string of the molecule is CCc1n[nH]c(C)c1-c1ccc(NC(=O)[C@H](CCCC(Cl)Cl)NC(=O)c2ccnn2C)nc1F. The number of carbonyl (C=O) groups is 2. The Labute approximate surface area is 206 Å². The molecule has 0 spiro atoms. The van der Waals surface area contributed by atoms with Gasteiger partial charge in [-0.15, -0.1) is 23.2 Å². The summed E-state index contributed by atoms with van der Waals surface area (Å²) in [5.41, 5.74) is 2.69. The lowest BCUT2D eigenvalue weighted by atomic mass is 10.0. The Morgan fingerprint density at radius 3 is 2.62 bits per heavy atom. The molecule has 0 saturated carbocycles. The molecule has 182 valence electrons. The monoisotopic (exact) mass is 509 g/mol. The van der Waals surface area contributed by atoms with Gasteiger partial charge in [0.15, 0.2) is 0 Å². The summed E-state index contributed by atoms with van der Waals surface area (Å²) in [4.78, 5) is 28.9. The van der Waals surface area contributed by atoms with Crippen LogP contribution in [-0.2, 0) is 18.3 Å². The van der Waals surface area contributed by atoms with Gasteiger partial charge >= 0.3 is 0 Å². The largest absolute Gasteiger partial charge is 0.339 e. The third-order valence-electron chi connectivity index (χ3n) is 5.32. The summed E-state index contributed by atoms with van der Waals surface area (Å²) in [5, 5.41) is 16.3. The van der Waals surface area contributed by atoms with E-state index in [1.807, 2.05) is 6.92 Å². The second-order valence-corrected chi connectivity index (χ2v) is 9.01.